The topological polar surface area (TPSA) is 101 Å². The van der Waals surface area contributed by atoms with E-state index in [-0.39, 0.29) is 0 Å². The van der Waals surface area contributed by atoms with Gasteiger partial charge < -0.3 is 16.5 Å². The molecule has 0 spiro atoms. The molecule has 0 radical (unpaired) electrons. The number of allylic oxidation sites excluding steroid dienone is 2. The van der Waals surface area contributed by atoms with Crippen molar-refractivity contribution in [3.63, 3.8) is 0 Å². The van der Waals surface area contributed by atoms with Crippen molar-refractivity contribution >= 4 is 35.6 Å². The highest BCUT2D eigenvalue weighted by atomic mass is 15.0. The second-order valence-corrected chi connectivity index (χ2v) is 6.41. The second kappa shape index (κ2) is 7.84. The van der Waals surface area contributed by atoms with Crippen molar-refractivity contribution in [2.24, 2.45) is 0 Å². The van der Waals surface area contributed by atoms with Gasteiger partial charge in [0, 0.05) is 24.5 Å². The third kappa shape index (κ3) is 3.66. The van der Waals surface area contributed by atoms with Gasteiger partial charge in [-0.1, -0.05) is 42.5 Å². The van der Waals surface area contributed by atoms with E-state index in [2.05, 4.69) is 33.5 Å². The third-order valence-corrected chi connectivity index (χ3v) is 4.56. The van der Waals surface area contributed by atoms with Gasteiger partial charge in [0.25, 0.3) is 0 Å². The summed E-state index contributed by atoms with van der Waals surface area (Å²) in [7, 11) is 0. The highest BCUT2D eigenvalue weighted by Gasteiger charge is 2.10. The third-order valence-electron chi connectivity index (χ3n) is 4.56. The molecule has 1 aromatic carbocycles. The van der Waals surface area contributed by atoms with Gasteiger partial charge in [0.2, 0.25) is 0 Å². The van der Waals surface area contributed by atoms with Crippen LogP contribution in [0.5, 0.6) is 0 Å². The van der Waals surface area contributed by atoms with Crippen LogP contribution in [-0.2, 0) is 6.54 Å². The molecule has 0 fully saturated rings. The van der Waals surface area contributed by atoms with E-state index >= 15 is 0 Å². The Bertz CT molecular complexity index is 1170. The van der Waals surface area contributed by atoms with Crippen molar-refractivity contribution in [2.75, 3.05) is 11.1 Å². The predicted octanol–water partition coefficient (Wildman–Crippen LogP) is 2.11. The number of fused-ring (bicyclic) bond motifs is 1. The molecule has 3 aromatic rings. The fourth-order valence-electron chi connectivity index (χ4n) is 3.13. The smallest absolute Gasteiger partial charge is 0.145 e. The molecule has 1 aliphatic carbocycles. The number of nitrogens with two attached hydrogens (primary N) is 1. The highest BCUT2D eigenvalue weighted by molar-refractivity contribution is 5.98. The normalized spacial score (nSPS) is 12.6. The first-order valence-electron chi connectivity index (χ1n) is 9.03. The number of aromatic nitrogens is 3. The molecule has 0 atom stereocenters. The quantitative estimate of drug-likeness (QED) is 0.599. The Morgan fingerprint density at radius 1 is 1.07 bits per heavy atom. The molecule has 0 aliphatic heterocycles. The largest absolute Gasteiger partial charge is 0.383 e. The second-order valence-electron chi connectivity index (χ2n) is 6.41. The summed E-state index contributed by atoms with van der Waals surface area (Å²) in [6, 6.07) is 12.0. The lowest BCUT2D eigenvalue weighted by Gasteiger charge is -2.08. The maximum absolute atomic E-state index is 7.66. The Kier molecular flexibility index (Phi) is 4.93. The number of benzene rings is 1. The predicted molar refractivity (Wildman–Crippen MR) is 113 cm³/mol. The zero-order chi connectivity index (χ0) is 19.3. The lowest BCUT2D eigenvalue weighted by Crippen LogP contribution is -2.31. The monoisotopic (exact) mass is 368 g/mol. The summed E-state index contributed by atoms with van der Waals surface area (Å²) in [4.78, 5) is 13.4. The minimum atomic E-state index is 0.349. The van der Waals surface area contributed by atoms with Crippen LogP contribution in [0.2, 0.25) is 0 Å². The Hall–Kier alpha value is -3.80. The average Bonchev–Trinajstić information content (AvgIpc) is 2.94. The van der Waals surface area contributed by atoms with Crippen LogP contribution in [0.4, 0.5) is 11.6 Å². The van der Waals surface area contributed by atoms with Gasteiger partial charge in [-0.05, 0) is 35.3 Å². The molecule has 28 heavy (non-hydrogen) atoms. The molecule has 2 heterocycles. The number of hydrogen-bond acceptors (Lipinski definition) is 6. The van der Waals surface area contributed by atoms with Gasteiger partial charge in [-0.2, -0.15) is 0 Å². The summed E-state index contributed by atoms with van der Waals surface area (Å²) >= 11 is 0. The van der Waals surface area contributed by atoms with Crippen LogP contribution in [0.15, 0.2) is 54.9 Å². The minimum absolute atomic E-state index is 0.349. The van der Waals surface area contributed by atoms with Crippen molar-refractivity contribution in [2.45, 2.75) is 13.0 Å². The number of nitrogen functional groups attached to an aromatic ring is 1. The van der Waals surface area contributed by atoms with Crippen molar-refractivity contribution in [1.29, 1.82) is 5.41 Å². The number of nitrogens with zero attached hydrogens (tertiary/aromatic N) is 3. The molecule has 2 aromatic heterocycles. The first kappa shape index (κ1) is 17.6. The zero-order valence-corrected chi connectivity index (χ0v) is 15.3. The Morgan fingerprint density at radius 3 is 2.75 bits per heavy atom. The lowest BCUT2D eigenvalue weighted by molar-refractivity contribution is 1.04. The fraction of sp³-hybridized carbons (Fsp3) is 0.0909. The van der Waals surface area contributed by atoms with E-state index in [1.807, 2.05) is 36.4 Å². The first-order chi connectivity index (χ1) is 13.7. The van der Waals surface area contributed by atoms with E-state index < -0.39 is 0 Å². The first-order valence-corrected chi connectivity index (χ1v) is 9.03. The molecular formula is C22H20N6. The van der Waals surface area contributed by atoms with Crippen molar-refractivity contribution < 1.29 is 0 Å². The van der Waals surface area contributed by atoms with Crippen molar-refractivity contribution in [3.8, 4) is 0 Å². The summed E-state index contributed by atoms with van der Waals surface area (Å²) in [5, 5.41) is 12.6. The Morgan fingerprint density at radius 2 is 1.93 bits per heavy atom. The van der Waals surface area contributed by atoms with Gasteiger partial charge in [-0.3, -0.25) is 4.98 Å². The molecule has 0 unspecified atom stereocenters. The molecule has 6 heteroatoms. The summed E-state index contributed by atoms with van der Waals surface area (Å²) in [5.41, 5.74) is 9.56. The van der Waals surface area contributed by atoms with Gasteiger partial charge in [-0.15, -0.1) is 0 Å². The molecule has 6 nitrogen and oxygen atoms in total. The SMILES string of the molecule is N=Cc1c(C2=CCC=c3nc(NCc4ccccc4)cnc3=C2)ccnc1N. The summed E-state index contributed by atoms with van der Waals surface area (Å²) in [5.74, 6) is 1.09. The number of pyridine rings is 1. The van der Waals surface area contributed by atoms with Crippen LogP contribution in [0.1, 0.15) is 23.1 Å². The number of hydrogen-bond donors (Lipinski definition) is 3. The van der Waals surface area contributed by atoms with Gasteiger partial charge in [-0.25, -0.2) is 9.97 Å². The standard InChI is InChI=1S/C22H20N6/c23-12-18-17(9-10-25-22(18)24)16-7-4-8-19-20(11-16)26-14-21(28-19)27-13-15-5-2-1-3-6-15/h1-3,5-12,14,23H,4,13H2,(H2,24,25)(H,27,28). The minimum Gasteiger partial charge on any atom is -0.383 e. The van der Waals surface area contributed by atoms with Gasteiger partial charge >= 0.3 is 0 Å². The van der Waals surface area contributed by atoms with Gasteiger partial charge in [0.15, 0.2) is 0 Å². The van der Waals surface area contributed by atoms with E-state index in [4.69, 9.17) is 16.1 Å². The van der Waals surface area contributed by atoms with E-state index in [0.717, 1.165) is 34.1 Å². The highest BCUT2D eigenvalue weighted by Crippen LogP contribution is 2.23. The molecule has 0 amide bonds. The molecule has 0 saturated heterocycles. The van der Waals surface area contributed by atoms with E-state index in [1.165, 1.54) is 11.8 Å². The maximum Gasteiger partial charge on any atom is 0.145 e. The average molecular weight is 368 g/mol. The van der Waals surface area contributed by atoms with Crippen molar-refractivity contribution in [1.82, 2.24) is 15.0 Å². The zero-order valence-electron chi connectivity index (χ0n) is 15.3. The molecule has 0 saturated carbocycles. The van der Waals surface area contributed by atoms with E-state index in [0.29, 0.717) is 17.9 Å². The number of anilines is 2. The summed E-state index contributed by atoms with van der Waals surface area (Å²) < 4.78 is 0. The van der Waals surface area contributed by atoms with Crippen LogP contribution >= 0.6 is 0 Å². The van der Waals surface area contributed by atoms with E-state index in [1.54, 1.807) is 12.4 Å². The Balaban J connectivity index is 1.64. The van der Waals surface area contributed by atoms with Gasteiger partial charge in [0.05, 0.1) is 16.9 Å². The molecular weight excluding hydrogens is 348 g/mol. The Labute approximate surface area is 162 Å². The molecule has 4 rings (SSSR count). The summed E-state index contributed by atoms with van der Waals surface area (Å²) in [6.07, 6.45) is 11.5. The maximum atomic E-state index is 7.66. The van der Waals surface area contributed by atoms with Crippen LogP contribution in [0.3, 0.4) is 0 Å². The van der Waals surface area contributed by atoms with Crippen LogP contribution in [0, 0.1) is 5.41 Å². The van der Waals surface area contributed by atoms with Crippen LogP contribution in [0.25, 0.3) is 17.7 Å². The number of rotatable bonds is 5. The van der Waals surface area contributed by atoms with E-state index in [9.17, 15) is 0 Å². The van der Waals surface area contributed by atoms with Gasteiger partial charge in [0.1, 0.15) is 11.6 Å². The van der Waals surface area contributed by atoms with Crippen LogP contribution < -0.4 is 21.7 Å². The summed E-state index contributed by atoms with van der Waals surface area (Å²) in [6.45, 7) is 0.695. The van der Waals surface area contributed by atoms with Crippen molar-refractivity contribution in [3.05, 3.63) is 82.3 Å². The van der Waals surface area contributed by atoms with Crippen LogP contribution in [-0.4, -0.2) is 21.2 Å². The molecule has 1 aliphatic rings. The number of nitrogens with one attached hydrogen (secondary N) is 2. The molecule has 4 N–H and O–H groups in total. The molecule has 0 bridgehead atoms. The lowest BCUT2D eigenvalue weighted by atomic mass is 10.0. The molecule has 138 valence electrons. The fourth-order valence-corrected chi connectivity index (χ4v) is 3.13.